The normalized spacial score (nSPS) is 11.3. The van der Waals surface area contributed by atoms with Gasteiger partial charge >= 0.3 is 5.97 Å². The molecule has 0 bridgehead atoms. The molecule has 13 heavy (non-hydrogen) atoms. The summed E-state index contributed by atoms with van der Waals surface area (Å²) in [7, 11) is 1.38. The van der Waals surface area contributed by atoms with E-state index in [9.17, 15) is 4.79 Å². The lowest BCUT2D eigenvalue weighted by Gasteiger charge is -2.20. The zero-order chi connectivity index (χ0) is 9.90. The summed E-state index contributed by atoms with van der Waals surface area (Å²) in [5.41, 5.74) is -0.567. The van der Waals surface area contributed by atoms with E-state index in [1.54, 1.807) is 24.9 Å². The summed E-state index contributed by atoms with van der Waals surface area (Å²) in [4.78, 5) is 15.1. The van der Waals surface area contributed by atoms with E-state index in [1.807, 2.05) is 0 Å². The van der Waals surface area contributed by atoms with E-state index in [4.69, 9.17) is 0 Å². The van der Waals surface area contributed by atoms with Crippen LogP contribution >= 0.6 is 0 Å². The van der Waals surface area contributed by atoms with Crippen LogP contribution in [0.3, 0.4) is 0 Å². The quantitative estimate of drug-likeness (QED) is 0.639. The van der Waals surface area contributed by atoms with Crippen LogP contribution < -0.4 is 0 Å². The number of carbonyl (C=O) groups excluding carboxylic acids is 1. The number of esters is 1. The number of ether oxygens (including phenoxy) is 1. The van der Waals surface area contributed by atoms with Crippen molar-refractivity contribution in [2.75, 3.05) is 7.11 Å². The van der Waals surface area contributed by atoms with Crippen LogP contribution in [0, 0.1) is 5.41 Å². The van der Waals surface area contributed by atoms with Gasteiger partial charge in [-0.1, -0.05) is 0 Å². The molecule has 0 aliphatic carbocycles. The van der Waals surface area contributed by atoms with E-state index in [0.717, 1.165) is 0 Å². The summed E-state index contributed by atoms with van der Waals surface area (Å²) < 4.78 is 6.27. The predicted molar refractivity (Wildman–Crippen MR) is 45.8 cm³/mol. The van der Waals surface area contributed by atoms with E-state index in [0.29, 0.717) is 6.54 Å². The molecule has 0 aliphatic rings. The fraction of sp³-hybridized carbons (Fsp3) is 0.625. The molecular weight excluding hydrogens is 170 g/mol. The van der Waals surface area contributed by atoms with Crippen molar-refractivity contribution in [2.24, 2.45) is 5.41 Å². The maximum atomic E-state index is 11.3. The Kier molecular flexibility index (Phi) is 2.65. The number of aromatic nitrogens is 3. The largest absolute Gasteiger partial charge is 0.469 e. The van der Waals surface area contributed by atoms with Crippen molar-refractivity contribution in [3.05, 3.63) is 12.7 Å². The van der Waals surface area contributed by atoms with E-state index in [2.05, 4.69) is 14.8 Å². The minimum absolute atomic E-state index is 0.247. The van der Waals surface area contributed by atoms with Crippen molar-refractivity contribution in [3.8, 4) is 0 Å². The summed E-state index contributed by atoms with van der Waals surface area (Å²) in [6.07, 6.45) is 3.01. The number of nitrogens with zero attached hydrogens (tertiary/aromatic N) is 3. The maximum Gasteiger partial charge on any atom is 0.313 e. The predicted octanol–water partition coefficient (Wildman–Crippen LogP) is 0.477. The molecule has 5 nitrogen and oxygen atoms in total. The highest BCUT2D eigenvalue weighted by molar-refractivity contribution is 5.75. The molecule has 0 fully saturated rings. The van der Waals surface area contributed by atoms with E-state index < -0.39 is 5.41 Å². The van der Waals surface area contributed by atoms with Crippen LogP contribution in [0.1, 0.15) is 13.8 Å². The van der Waals surface area contributed by atoms with Crippen LogP contribution in [0.25, 0.3) is 0 Å². The second kappa shape index (κ2) is 3.55. The molecular formula is C8H13N3O2. The minimum atomic E-state index is -0.567. The Morgan fingerprint density at radius 3 is 2.77 bits per heavy atom. The standard InChI is InChI=1S/C8H13N3O2/c1-8(2,7(12)13-3)4-11-6-9-5-10-11/h5-6H,4H2,1-3H3. The average molecular weight is 183 g/mol. The van der Waals surface area contributed by atoms with E-state index in [-0.39, 0.29) is 5.97 Å². The topological polar surface area (TPSA) is 57.0 Å². The third-order valence-corrected chi connectivity index (χ3v) is 1.76. The van der Waals surface area contributed by atoms with E-state index in [1.165, 1.54) is 13.4 Å². The highest BCUT2D eigenvalue weighted by atomic mass is 16.5. The summed E-state index contributed by atoms with van der Waals surface area (Å²) >= 11 is 0. The van der Waals surface area contributed by atoms with Crippen LogP contribution in [0.2, 0.25) is 0 Å². The van der Waals surface area contributed by atoms with Gasteiger partial charge in [0, 0.05) is 0 Å². The molecule has 0 saturated carbocycles. The van der Waals surface area contributed by atoms with Crippen molar-refractivity contribution in [2.45, 2.75) is 20.4 Å². The first kappa shape index (κ1) is 9.70. The Hall–Kier alpha value is -1.39. The molecule has 1 heterocycles. The molecule has 0 aromatic carbocycles. The molecule has 0 radical (unpaired) electrons. The Labute approximate surface area is 76.7 Å². The number of carbonyl (C=O) groups is 1. The first-order valence-electron chi connectivity index (χ1n) is 3.97. The molecule has 0 aliphatic heterocycles. The molecule has 0 N–H and O–H groups in total. The molecule has 0 unspecified atom stereocenters. The fourth-order valence-corrected chi connectivity index (χ4v) is 1.06. The third-order valence-electron chi connectivity index (χ3n) is 1.76. The lowest BCUT2D eigenvalue weighted by Crippen LogP contribution is -2.30. The second-order valence-electron chi connectivity index (χ2n) is 3.47. The first-order chi connectivity index (χ1) is 6.06. The van der Waals surface area contributed by atoms with Gasteiger partial charge in [0.2, 0.25) is 0 Å². The summed E-state index contributed by atoms with van der Waals surface area (Å²) in [5, 5.41) is 3.92. The van der Waals surface area contributed by atoms with Gasteiger partial charge in [0.05, 0.1) is 19.1 Å². The van der Waals surface area contributed by atoms with Gasteiger partial charge in [0.1, 0.15) is 12.7 Å². The van der Waals surface area contributed by atoms with Crippen LogP contribution in [-0.2, 0) is 16.1 Å². The number of hydrogen-bond donors (Lipinski definition) is 0. The van der Waals surface area contributed by atoms with Crippen LogP contribution in [-0.4, -0.2) is 27.8 Å². The van der Waals surface area contributed by atoms with Crippen LogP contribution in [0.15, 0.2) is 12.7 Å². The summed E-state index contributed by atoms with van der Waals surface area (Å²) in [6.45, 7) is 4.08. The highest BCUT2D eigenvalue weighted by Crippen LogP contribution is 2.18. The zero-order valence-electron chi connectivity index (χ0n) is 8.02. The minimum Gasteiger partial charge on any atom is -0.469 e. The molecule has 1 aromatic heterocycles. The summed E-state index contributed by atoms with van der Waals surface area (Å²) in [6, 6.07) is 0. The molecule has 0 atom stereocenters. The highest BCUT2D eigenvalue weighted by Gasteiger charge is 2.29. The summed E-state index contributed by atoms with van der Waals surface area (Å²) in [5.74, 6) is -0.247. The van der Waals surface area contributed by atoms with Crippen molar-refractivity contribution in [1.29, 1.82) is 0 Å². The van der Waals surface area contributed by atoms with Crippen molar-refractivity contribution in [3.63, 3.8) is 0 Å². The van der Waals surface area contributed by atoms with Crippen molar-refractivity contribution in [1.82, 2.24) is 14.8 Å². The van der Waals surface area contributed by atoms with Crippen molar-refractivity contribution < 1.29 is 9.53 Å². The molecule has 0 amide bonds. The van der Waals surface area contributed by atoms with Crippen LogP contribution in [0.4, 0.5) is 0 Å². The maximum absolute atomic E-state index is 11.3. The molecule has 1 rings (SSSR count). The van der Waals surface area contributed by atoms with Gasteiger partial charge in [0.25, 0.3) is 0 Å². The lowest BCUT2D eigenvalue weighted by molar-refractivity contribution is -0.151. The lowest BCUT2D eigenvalue weighted by atomic mass is 9.94. The van der Waals surface area contributed by atoms with Gasteiger partial charge in [-0.25, -0.2) is 4.98 Å². The van der Waals surface area contributed by atoms with Gasteiger partial charge in [-0.2, -0.15) is 5.10 Å². The number of methoxy groups -OCH3 is 1. The fourth-order valence-electron chi connectivity index (χ4n) is 1.06. The second-order valence-corrected chi connectivity index (χ2v) is 3.47. The Morgan fingerprint density at radius 1 is 1.62 bits per heavy atom. The van der Waals surface area contributed by atoms with Crippen LogP contribution in [0.5, 0.6) is 0 Å². The van der Waals surface area contributed by atoms with Gasteiger partial charge in [-0.15, -0.1) is 0 Å². The zero-order valence-corrected chi connectivity index (χ0v) is 8.02. The Morgan fingerprint density at radius 2 is 2.31 bits per heavy atom. The van der Waals surface area contributed by atoms with E-state index >= 15 is 0 Å². The van der Waals surface area contributed by atoms with Crippen molar-refractivity contribution >= 4 is 5.97 Å². The molecule has 72 valence electrons. The average Bonchev–Trinajstić information content (AvgIpc) is 2.54. The third kappa shape index (κ3) is 2.27. The Balaban J connectivity index is 2.67. The smallest absolute Gasteiger partial charge is 0.313 e. The molecule has 0 spiro atoms. The molecule has 0 saturated heterocycles. The van der Waals surface area contributed by atoms with Gasteiger partial charge in [-0.05, 0) is 13.8 Å². The Bertz CT molecular complexity index is 280. The molecule has 5 heteroatoms. The van der Waals surface area contributed by atoms with Gasteiger partial charge < -0.3 is 4.74 Å². The van der Waals surface area contributed by atoms with Gasteiger partial charge in [0.15, 0.2) is 0 Å². The monoisotopic (exact) mass is 183 g/mol. The molecule has 1 aromatic rings. The number of rotatable bonds is 3. The SMILES string of the molecule is COC(=O)C(C)(C)Cn1cncn1. The first-order valence-corrected chi connectivity index (χ1v) is 3.97. The van der Waals surface area contributed by atoms with Gasteiger partial charge in [-0.3, -0.25) is 9.48 Å². The number of hydrogen-bond acceptors (Lipinski definition) is 4.